The zero-order valence-electron chi connectivity index (χ0n) is 16.6. The summed E-state index contributed by atoms with van der Waals surface area (Å²) in [4.78, 5) is 21.0. The maximum Gasteiger partial charge on any atom is 0.417 e. The molecule has 6 rings (SSSR count). The van der Waals surface area contributed by atoms with Gasteiger partial charge in [0.05, 0.1) is 28.5 Å². The van der Waals surface area contributed by atoms with Crippen molar-refractivity contribution in [3.8, 4) is 16.9 Å². The molecule has 0 unspecified atom stereocenters. The summed E-state index contributed by atoms with van der Waals surface area (Å²) in [6.07, 6.45) is 1.57. The van der Waals surface area contributed by atoms with Crippen molar-refractivity contribution in [3.05, 3.63) is 51.3 Å². The maximum absolute atomic E-state index is 16.0. The zero-order chi connectivity index (χ0) is 21.3. The number of rotatable bonds is 1. The van der Waals surface area contributed by atoms with Gasteiger partial charge in [0.2, 0.25) is 0 Å². The lowest BCUT2D eigenvalue weighted by molar-refractivity contribution is 0.247. The number of pyridine rings is 1. The van der Waals surface area contributed by atoms with Crippen LogP contribution in [0.1, 0.15) is 5.56 Å². The van der Waals surface area contributed by atoms with Crippen LogP contribution in [0.5, 0.6) is 5.75 Å². The minimum Gasteiger partial charge on any atom is -0.488 e. The molecule has 158 valence electrons. The van der Waals surface area contributed by atoms with Crippen LogP contribution in [0.3, 0.4) is 0 Å². The highest BCUT2D eigenvalue weighted by Crippen LogP contribution is 2.45. The van der Waals surface area contributed by atoms with Crippen molar-refractivity contribution in [2.24, 2.45) is 0 Å². The minimum atomic E-state index is -0.603. The SMILES string of the molecule is Cc1ccc2[nH]c(=O)oc2c1-c1c(Cl)cc2c3c(cnc2c1F)OC[C@H]1CNCCN31. The first-order valence-electron chi connectivity index (χ1n) is 10.1. The normalized spacial score (nSPS) is 18.2. The van der Waals surface area contributed by atoms with E-state index in [0.29, 0.717) is 28.8 Å². The number of halogens is 2. The van der Waals surface area contributed by atoms with E-state index in [-0.39, 0.29) is 27.7 Å². The summed E-state index contributed by atoms with van der Waals surface area (Å²) in [5, 5.41) is 4.19. The van der Waals surface area contributed by atoms with Crippen LogP contribution in [-0.4, -0.2) is 42.3 Å². The Bertz CT molecular complexity index is 1430. The van der Waals surface area contributed by atoms with Crippen molar-refractivity contribution in [1.29, 1.82) is 0 Å². The van der Waals surface area contributed by atoms with Gasteiger partial charge < -0.3 is 19.4 Å². The number of hydrogen-bond donors (Lipinski definition) is 2. The van der Waals surface area contributed by atoms with Crippen molar-refractivity contribution in [2.75, 3.05) is 31.1 Å². The Balaban J connectivity index is 1.65. The van der Waals surface area contributed by atoms with E-state index >= 15 is 4.39 Å². The number of aromatic amines is 1. The second-order valence-electron chi connectivity index (χ2n) is 7.93. The Hall–Kier alpha value is -3.10. The standard InChI is InChI=1S/C22H18ClFN4O3/c1-10-2-3-14-21(31-22(29)27-14)16(10)17-13(23)6-12-19(18(17)24)26-8-15-20(12)28-5-4-25-7-11(28)9-30-15/h2-3,6,8,11,25H,4-5,7,9H2,1H3,(H,27,29)/t11-/m1/s1. The van der Waals surface area contributed by atoms with Crippen LogP contribution in [0.4, 0.5) is 10.1 Å². The Labute approximate surface area is 180 Å². The van der Waals surface area contributed by atoms with Gasteiger partial charge in [-0.3, -0.25) is 4.98 Å². The number of nitrogens with one attached hydrogen (secondary N) is 2. The third-order valence-electron chi connectivity index (χ3n) is 6.11. The first-order chi connectivity index (χ1) is 15.0. The monoisotopic (exact) mass is 440 g/mol. The van der Waals surface area contributed by atoms with Crippen LogP contribution in [0.2, 0.25) is 5.02 Å². The molecule has 9 heteroatoms. The molecule has 2 N–H and O–H groups in total. The highest BCUT2D eigenvalue weighted by molar-refractivity contribution is 6.35. The van der Waals surface area contributed by atoms with Crippen LogP contribution in [0.25, 0.3) is 33.1 Å². The number of hydrogen-bond acceptors (Lipinski definition) is 6. The Morgan fingerprint density at radius 1 is 1.32 bits per heavy atom. The molecule has 2 aliphatic heterocycles. The Morgan fingerprint density at radius 3 is 3.06 bits per heavy atom. The molecule has 1 saturated heterocycles. The summed E-state index contributed by atoms with van der Waals surface area (Å²) < 4.78 is 27.2. The van der Waals surface area contributed by atoms with Crippen LogP contribution >= 0.6 is 11.6 Å². The molecule has 0 bridgehead atoms. The third-order valence-corrected chi connectivity index (χ3v) is 6.41. The predicted molar refractivity (Wildman–Crippen MR) is 117 cm³/mol. The summed E-state index contributed by atoms with van der Waals surface area (Å²) in [6, 6.07) is 5.42. The van der Waals surface area contributed by atoms with Crippen molar-refractivity contribution in [3.63, 3.8) is 0 Å². The molecule has 0 amide bonds. The van der Waals surface area contributed by atoms with E-state index in [4.69, 9.17) is 20.8 Å². The summed E-state index contributed by atoms with van der Waals surface area (Å²) in [5.41, 5.74) is 3.12. The van der Waals surface area contributed by atoms with Gasteiger partial charge in [0, 0.05) is 36.1 Å². The quantitative estimate of drug-likeness (QED) is 0.470. The largest absolute Gasteiger partial charge is 0.488 e. The average Bonchev–Trinajstić information content (AvgIpc) is 3.15. The molecule has 31 heavy (non-hydrogen) atoms. The Kier molecular flexibility index (Phi) is 4.03. The second-order valence-corrected chi connectivity index (χ2v) is 8.33. The van der Waals surface area contributed by atoms with Gasteiger partial charge >= 0.3 is 5.76 Å². The molecule has 0 spiro atoms. The van der Waals surface area contributed by atoms with Gasteiger partial charge in [0.15, 0.2) is 17.1 Å². The van der Waals surface area contributed by atoms with Gasteiger partial charge in [-0.2, -0.15) is 0 Å². The van der Waals surface area contributed by atoms with Crippen LogP contribution in [0.15, 0.2) is 33.6 Å². The lowest BCUT2D eigenvalue weighted by Crippen LogP contribution is -2.55. The lowest BCUT2D eigenvalue weighted by Gasteiger charge is -2.42. The molecule has 1 fully saturated rings. The van der Waals surface area contributed by atoms with Crippen molar-refractivity contribution < 1.29 is 13.5 Å². The summed E-state index contributed by atoms with van der Waals surface area (Å²) in [7, 11) is 0. The summed E-state index contributed by atoms with van der Waals surface area (Å²) in [5.74, 6) is -0.529. The number of aromatic nitrogens is 2. The number of benzene rings is 2. The first-order valence-corrected chi connectivity index (χ1v) is 10.4. The van der Waals surface area contributed by atoms with E-state index in [1.807, 2.05) is 6.92 Å². The fourth-order valence-electron chi connectivity index (χ4n) is 4.68. The number of piperazine rings is 1. The van der Waals surface area contributed by atoms with Crippen LogP contribution < -0.4 is 20.7 Å². The smallest absolute Gasteiger partial charge is 0.417 e. The number of anilines is 1. The van der Waals surface area contributed by atoms with Gasteiger partial charge in [-0.15, -0.1) is 0 Å². The van der Waals surface area contributed by atoms with Crippen molar-refractivity contribution >= 4 is 39.3 Å². The molecule has 0 aliphatic carbocycles. The molecule has 0 radical (unpaired) electrons. The van der Waals surface area contributed by atoms with Gasteiger partial charge in [-0.05, 0) is 24.6 Å². The van der Waals surface area contributed by atoms with Gasteiger partial charge in [0.1, 0.15) is 12.1 Å². The highest BCUT2D eigenvalue weighted by Gasteiger charge is 2.33. The first kappa shape index (κ1) is 18.7. The van der Waals surface area contributed by atoms with Crippen LogP contribution in [0, 0.1) is 12.7 Å². The fourth-order valence-corrected chi connectivity index (χ4v) is 4.96. The maximum atomic E-state index is 16.0. The molecular formula is C22H18ClFN4O3. The number of aryl methyl sites for hydroxylation is 1. The fraction of sp³-hybridized carbons (Fsp3) is 0.273. The molecule has 1 atom stereocenters. The molecule has 4 heterocycles. The molecule has 4 aromatic rings. The van der Waals surface area contributed by atoms with E-state index in [9.17, 15) is 4.79 Å². The van der Waals surface area contributed by atoms with Crippen LogP contribution in [-0.2, 0) is 0 Å². The highest BCUT2D eigenvalue weighted by atomic mass is 35.5. The number of ether oxygens (including phenoxy) is 1. The summed E-state index contributed by atoms with van der Waals surface area (Å²) in [6.45, 7) is 4.79. The van der Waals surface area contributed by atoms with E-state index in [1.165, 1.54) is 0 Å². The number of nitrogens with zero attached hydrogens (tertiary/aromatic N) is 2. The van der Waals surface area contributed by atoms with E-state index < -0.39 is 11.6 Å². The van der Waals surface area contributed by atoms with Gasteiger partial charge in [-0.25, -0.2) is 14.2 Å². The molecule has 7 nitrogen and oxygen atoms in total. The molecule has 0 saturated carbocycles. The van der Waals surface area contributed by atoms with Crippen molar-refractivity contribution in [1.82, 2.24) is 15.3 Å². The Morgan fingerprint density at radius 2 is 2.19 bits per heavy atom. The zero-order valence-corrected chi connectivity index (χ0v) is 17.3. The number of oxazole rings is 1. The van der Waals surface area contributed by atoms with E-state index in [2.05, 4.69) is 20.2 Å². The molecule has 2 aromatic carbocycles. The minimum absolute atomic E-state index is 0.165. The average molecular weight is 441 g/mol. The number of fused-ring (bicyclic) bond motifs is 6. The van der Waals surface area contributed by atoms with E-state index in [1.54, 1.807) is 24.4 Å². The van der Waals surface area contributed by atoms with Gasteiger partial charge in [-0.1, -0.05) is 17.7 Å². The summed E-state index contributed by atoms with van der Waals surface area (Å²) >= 11 is 6.67. The van der Waals surface area contributed by atoms with E-state index in [0.717, 1.165) is 30.9 Å². The molecule has 2 aromatic heterocycles. The van der Waals surface area contributed by atoms with Gasteiger partial charge in [0.25, 0.3) is 0 Å². The third kappa shape index (κ3) is 2.68. The molecular weight excluding hydrogens is 423 g/mol. The van der Waals surface area contributed by atoms with Crippen molar-refractivity contribution in [2.45, 2.75) is 13.0 Å². The number of H-pyrrole nitrogens is 1. The topological polar surface area (TPSA) is 83.4 Å². The lowest BCUT2D eigenvalue weighted by atomic mass is 9.96. The molecule has 2 aliphatic rings. The predicted octanol–water partition coefficient (Wildman–Crippen LogP) is 3.61. The second kappa shape index (κ2) is 6.70.